The van der Waals surface area contributed by atoms with Crippen LogP contribution >= 0.6 is 0 Å². The second-order valence-electron chi connectivity index (χ2n) is 5.53. The number of amides is 1. The van der Waals surface area contributed by atoms with Crippen LogP contribution in [0, 0.1) is 0 Å². The molecule has 0 aliphatic rings. The molecule has 0 spiro atoms. The summed E-state index contributed by atoms with van der Waals surface area (Å²) in [6.45, 7) is -1.71. The first kappa shape index (κ1) is 20.5. The van der Waals surface area contributed by atoms with Crippen LogP contribution in [0.4, 0.5) is 22.0 Å². The van der Waals surface area contributed by atoms with E-state index in [1.54, 1.807) is 0 Å². The lowest BCUT2D eigenvalue weighted by molar-refractivity contribution is -0.137. The fraction of sp³-hybridized carbons (Fsp3) is 0.278. The second kappa shape index (κ2) is 8.24. The van der Waals surface area contributed by atoms with E-state index >= 15 is 0 Å². The lowest BCUT2D eigenvalue weighted by Crippen LogP contribution is -2.27. The van der Waals surface area contributed by atoms with Gasteiger partial charge in [-0.2, -0.15) is 22.0 Å². The molecule has 2 aromatic rings. The van der Waals surface area contributed by atoms with Gasteiger partial charge in [0.05, 0.1) is 24.3 Å². The lowest BCUT2D eigenvalue weighted by Gasteiger charge is -2.18. The molecule has 0 saturated heterocycles. The summed E-state index contributed by atoms with van der Waals surface area (Å²) in [5.74, 6) is -1.33. The molecule has 0 saturated carbocycles. The van der Waals surface area contributed by atoms with Crippen molar-refractivity contribution in [3.63, 3.8) is 0 Å². The van der Waals surface area contributed by atoms with E-state index in [2.05, 4.69) is 10.1 Å². The van der Waals surface area contributed by atoms with E-state index in [9.17, 15) is 26.7 Å². The topological polar surface area (TPSA) is 47.6 Å². The Kier molecular flexibility index (Phi) is 6.24. The maximum atomic E-state index is 12.8. The van der Waals surface area contributed by atoms with Crippen LogP contribution in [0.3, 0.4) is 0 Å². The summed E-state index contributed by atoms with van der Waals surface area (Å²) in [6, 6.07) is 7.63. The van der Waals surface area contributed by atoms with Gasteiger partial charge in [-0.25, -0.2) is 0 Å². The zero-order chi connectivity index (χ0) is 20.2. The highest BCUT2D eigenvalue weighted by atomic mass is 19.4. The molecule has 9 heteroatoms. The van der Waals surface area contributed by atoms with Crippen LogP contribution in [0.5, 0.6) is 11.5 Å². The number of methoxy groups -OCH3 is 1. The quantitative estimate of drug-likeness (QED) is 0.722. The van der Waals surface area contributed by atoms with Crippen molar-refractivity contribution in [2.75, 3.05) is 7.11 Å². The number of benzene rings is 2. The van der Waals surface area contributed by atoms with Gasteiger partial charge in [0.1, 0.15) is 0 Å². The Hall–Kier alpha value is -2.84. The summed E-state index contributed by atoms with van der Waals surface area (Å²) in [7, 11) is 1.22. The van der Waals surface area contributed by atoms with E-state index in [1.165, 1.54) is 44.4 Å². The minimum absolute atomic E-state index is 0.0744. The highest BCUT2D eigenvalue weighted by Crippen LogP contribution is 2.33. The second-order valence-corrected chi connectivity index (χ2v) is 5.53. The van der Waals surface area contributed by atoms with Crippen LogP contribution in [0.25, 0.3) is 0 Å². The number of carbonyl (C=O) groups excluding carboxylic acids is 1. The molecule has 146 valence electrons. The van der Waals surface area contributed by atoms with Gasteiger partial charge in [-0.1, -0.05) is 18.2 Å². The summed E-state index contributed by atoms with van der Waals surface area (Å²) in [5, 5.41) is 2.47. The van der Waals surface area contributed by atoms with Crippen molar-refractivity contribution in [3.8, 4) is 11.5 Å². The van der Waals surface area contributed by atoms with Crippen molar-refractivity contribution in [1.82, 2.24) is 5.32 Å². The molecular weight excluding hydrogens is 373 g/mol. The number of rotatable bonds is 6. The number of para-hydroxylation sites is 1. The Labute approximate surface area is 151 Å². The standard InChI is InChI=1S/C18H16F5NO3/c1-10(11-5-3-6-12(9-11)18(21,22)23)24-16(25)13-7-4-8-14(26-2)15(13)27-17(19)20/h3-10,17H,1-2H3,(H,24,25). The molecule has 2 rings (SSSR count). The SMILES string of the molecule is COc1cccc(C(=O)NC(C)c2cccc(C(F)(F)F)c2)c1OC(F)F. The van der Waals surface area contributed by atoms with Crippen molar-refractivity contribution in [1.29, 1.82) is 0 Å². The number of ether oxygens (including phenoxy) is 2. The van der Waals surface area contributed by atoms with Crippen LogP contribution in [0.15, 0.2) is 42.5 Å². The number of halogens is 5. The molecule has 27 heavy (non-hydrogen) atoms. The molecule has 0 radical (unpaired) electrons. The highest BCUT2D eigenvalue weighted by molar-refractivity contribution is 5.98. The molecule has 0 heterocycles. The maximum absolute atomic E-state index is 12.8. The monoisotopic (exact) mass is 389 g/mol. The maximum Gasteiger partial charge on any atom is 0.416 e. The first-order chi connectivity index (χ1) is 12.6. The summed E-state index contributed by atoms with van der Waals surface area (Å²) in [5.41, 5.74) is -0.880. The molecule has 1 amide bonds. The van der Waals surface area contributed by atoms with E-state index in [-0.39, 0.29) is 16.9 Å². The third kappa shape index (κ3) is 5.08. The largest absolute Gasteiger partial charge is 0.493 e. The Morgan fingerprint density at radius 3 is 2.37 bits per heavy atom. The first-order valence-electron chi connectivity index (χ1n) is 7.73. The number of carbonyl (C=O) groups is 1. The van der Waals surface area contributed by atoms with Crippen LogP contribution in [0.2, 0.25) is 0 Å². The molecule has 0 aliphatic carbocycles. The number of hydrogen-bond acceptors (Lipinski definition) is 3. The Morgan fingerprint density at radius 2 is 1.78 bits per heavy atom. The van der Waals surface area contributed by atoms with E-state index in [0.717, 1.165) is 12.1 Å². The average Bonchev–Trinajstić information content (AvgIpc) is 2.60. The van der Waals surface area contributed by atoms with Gasteiger partial charge in [-0.3, -0.25) is 4.79 Å². The minimum Gasteiger partial charge on any atom is -0.493 e. The Balaban J connectivity index is 2.27. The normalized spacial score (nSPS) is 12.6. The van der Waals surface area contributed by atoms with E-state index in [0.29, 0.717) is 0 Å². The van der Waals surface area contributed by atoms with Gasteiger partial charge in [-0.15, -0.1) is 0 Å². The number of nitrogens with one attached hydrogen (secondary N) is 1. The van der Waals surface area contributed by atoms with Gasteiger partial charge >= 0.3 is 12.8 Å². The van der Waals surface area contributed by atoms with Gasteiger partial charge < -0.3 is 14.8 Å². The Bertz CT molecular complexity index is 808. The fourth-order valence-corrected chi connectivity index (χ4v) is 2.41. The van der Waals surface area contributed by atoms with Crippen molar-refractivity contribution < 1.29 is 36.2 Å². The highest BCUT2D eigenvalue weighted by Gasteiger charge is 2.31. The summed E-state index contributed by atoms with van der Waals surface area (Å²) < 4.78 is 73.1. The third-order valence-corrected chi connectivity index (χ3v) is 3.71. The number of alkyl halides is 5. The molecule has 1 N–H and O–H groups in total. The molecule has 0 fully saturated rings. The molecule has 2 aromatic carbocycles. The molecule has 1 unspecified atom stereocenters. The van der Waals surface area contributed by atoms with Gasteiger partial charge in [0, 0.05) is 0 Å². The predicted octanol–water partition coefficient (Wildman–Crippen LogP) is 4.81. The Morgan fingerprint density at radius 1 is 1.11 bits per heavy atom. The summed E-state index contributed by atoms with van der Waals surface area (Å²) in [6.07, 6.45) is -4.52. The minimum atomic E-state index is -4.52. The van der Waals surface area contributed by atoms with Crippen molar-refractivity contribution in [2.24, 2.45) is 0 Å². The lowest BCUT2D eigenvalue weighted by atomic mass is 10.0. The van der Waals surface area contributed by atoms with Crippen LogP contribution in [-0.2, 0) is 6.18 Å². The smallest absolute Gasteiger partial charge is 0.416 e. The van der Waals surface area contributed by atoms with Crippen molar-refractivity contribution >= 4 is 5.91 Å². The van der Waals surface area contributed by atoms with Gasteiger partial charge in [0.25, 0.3) is 5.91 Å². The number of hydrogen-bond donors (Lipinski definition) is 1. The molecule has 4 nitrogen and oxygen atoms in total. The van der Waals surface area contributed by atoms with Crippen LogP contribution in [0.1, 0.15) is 34.5 Å². The van der Waals surface area contributed by atoms with Gasteiger partial charge in [0.15, 0.2) is 11.5 Å². The molecule has 0 aromatic heterocycles. The van der Waals surface area contributed by atoms with Crippen LogP contribution in [-0.4, -0.2) is 19.6 Å². The third-order valence-electron chi connectivity index (χ3n) is 3.71. The van der Waals surface area contributed by atoms with Crippen LogP contribution < -0.4 is 14.8 Å². The van der Waals surface area contributed by atoms with Crippen molar-refractivity contribution in [2.45, 2.75) is 25.8 Å². The summed E-state index contributed by atoms with van der Waals surface area (Å²) >= 11 is 0. The van der Waals surface area contributed by atoms with E-state index in [1.807, 2.05) is 0 Å². The zero-order valence-electron chi connectivity index (χ0n) is 14.3. The molecule has 0 aliphatic heterocycles. The predicted molar refractivity (Wildman–Crippen MR) is 87.0 cm³/mol. The fourth-order valence-electron chi connectivity index (χ4n) is 2.41. The molecule has 0 bridgehead atoms. The summed E-state index contributed by atoms with van der Waals surface area (Å²) in [4.78, 5) is 12.5. The van der Waals surface area contributed by atoms with E-state index < -0.39 is 36.0 Å². The average molecular weight is 389 g/mol. The van der Waals surface area contributed by atoms with E-state index in [4.69, 9.17) is 4.74 Å². The van der Waals surface area contributed by atoms with Crippen molar-refractivity contribution in [3.05, 3.63) is 59.2 Å². The first-order valence-corrected chi connectivity index (χ1v) is 7.73. The van der Waals surface area contributed by atoms with Gasteiger partial charge in [0.2, 0.25) is 0 Å². The van der Waals surface area contributed by atoms with Gasteiger partial charge in [-0.05, 0) is 36.8 Å². The zero-order valence-corrected chi connectivity index (χ0v) is 14.3. The molecular formula is C18H16F5NO3. The molecule has 1 atom stereocenters.